The summed E-state index contributed by atoms with van der Waals surface area (Å²) in [6.07, 6.45) is 12.7. The van der Waals surface area contributed by atoms with Gasteiger partial charge in [-0.25, -0.2) is 0 Å². The summed E-state index contributed by atoms with van der Waals surface area (Å²) in [4.78, 5) is 0. The van der Waals surface area contributed by atoms with E-state index in [1.165, 1.54) is 57.8 Å². The van der Waals surface area contributed by atoms with Crippen LogP contribution in [-0.2, 0) is 23.1 Å². The Balaban J connectivity index is 3.11. The lowest BCUT2D eigenvalue weighted by atomic mass is 10.1. The Kier molecular flexibility index (Phi) is 20.8. The van der Waals surface area contributed by atoms with Gasteiger partial charge in [-0.3, -0.25) is 0 Å². The SMILES string of the molecule is CCOCCOCCCOCCCCCCCCCCC[Si](C)(OC)OC. The standard InChI is InChI=1S/C21H46O5Si/c1-5-24-19-20-26-18-15-17-25-16-13-11-9-7-6-8-10-12-14-21-27(4,22-2)23-3/h5-21H2,1-4H3. The minimum absolute atomic E-state index is 0.690. The third kappa shape index (κ3) is 19.1. The van der Waals surface area contributed by atoms with E-state index in [-0.39, 0.29) is 0 Å². The molecule has 0 heterocycles. The average Bonchev–Trinajstić information content (AvgIpc) is 2.69. The second kappa shape index (κ2) is 20.7. The van der Waals surface area contributed by atoms with E-state index in [0.717, 1.165) is 38.9 Å². The van der Waals surface area contributed by atoms with Crippen molar-refractivity contribution in [2.75, 3.05) is 53.9 Å². The van der Waals surface area contributed by atoms with E-state index in [4.69, 9.17) is 23.1 Å². The van der Waals surface area contributed by atoms with E-state index in [0.29, 0.717) is 13.2 Å². The van der Waals surface area contributed by atoms with Gasteiger partial charge in [-0.15, -0.1) is 0 Å². The molecule has 0 aromatic heterocycles. The minimum Gasteiger partial charge on any atom is -0.398 e. The molecule has 0 unspecified atom stereocenters. The molecule has 0 aromatic carbocycles. The third-order valence-electron chi connectivity index (χ3n) is 4.94. The van der Waals surface area contributed by atoms with Gasteiger partial charge in [0.2, 0.25) is 0 Å². The van der Waals surface area contributed by atoms with Crippen LogP contribution in [0.15, 0.2) is 0 Å². The first-order chi connectivity index (χ1) is 13.2. The Hall–Kier alpha value is 0.0169. The smallest absolute Gasteiger partial charge is 0.334 e. The summed E-state index contributed by atoms with van der Waals surface area (Å²) < 4.78 is 27.4. The summed E-state index contributed by atoms with van der Waals surface area (Å²) in [5.74, 6) is 0. The van der Waals surface area contributed by atoms with Crippen LogP contribution < -0.4 is 0 Å². The van der Waals surface area contributed by atoms with Gasteiger partial charge in [0.05, 0.1) is 13.2 Å². The Morgan fingerprint density at radius 3 is 1.52 bits per heavy atom. The van der Waals surface area contributed by atoms with Gasteiger partial charge >= 0.3 is 8.56 Å². The zero-order valence-electron chi connectivity index (χ0n) is 18.6. The normalized spacial score (nSPS) is 12.0. The highest BCUT2D eigenvalue weighted by molar-refractivity contribution is 6.65. The Morgan fingerprint density at radius 1 is 0.519 bits per heavy atom. The highest BCUT2D eigenvalue weighted by Crippen LogP contribution is 2.17. The van der Waals surface area contributed by atoms with E-state index < -0.39 is 8.56 Å². The summed E-state index contributed by atoms with van der Waals surface area (Å²) in [5.41, 5.74) is 0. The minimum atomic E-state index is -1.83. The van der Waals surface area contributed by atoms with Crippen LogP contribution in [0.5, 0.6) is 0 Å². The van der Waals surface area contributed by atoms with E-state index in [2.05, 4.69) is 6.55 Å². The van der Waals surface area contributed by atoms with Crippen molar-refractivity contribution in [2.45, 2.75) is 83.7 Å². The van der Waals surface area contributed by atoms with E-state index in [1.807, 2.05) is 6.92 Å². The number of ether oxygens (including phenoxy) is 3. The maximum Gasteiger partial charge on any atom is 0.334 e. The molecule has 6 heteroatoms. The van der Waals surface area contributed by atoms with Crippen molar-refractivity contribution >= 4 is 8.56 Å². The fourth-order valence-corrected chi connectivity index (χ4v) is 4.37. The first kappa shape index (κ1) is 27.0. The molecule has 0 aliphatic rings. The molecular weight excluding hydrogens is 360 g/mol. The quantitative estimate of drug-likeness (QED) is 0.180. The molecule has 0 saturated carbocycles. The van der Waals surface area contributed by atoms with Gasteiger partial charge < -0.3 is 23.1 Å². The zero-order valence-corrected chi connectivity index (χ0v) is 19.6. The lowest BCUT2D eigenvalue weighted by Crippen LogP contribution is -2.35. The molecule has 0 radical (unpaired) electrons. The Labute approximate surface area is 169 Å². The van der Waals surface area contributed by atoms with Crippen LogP contribution >= 0.6 is 0 Å². The highest BCUT2D eigenvalue weighted by Gasteiger charge is 2.27. The first-order valence-electron chi connectivity index (χ1n) is 11.0. The van der Waals surface area contributed by atoms with Crippen LogP contribution in [0, 0.1) is 0 Å². The molecule has 0 aromatic rings. The van der Waals surface area contributed by atoms with Crippen molar-refractivity contribution in [2.24, 2.45) is 0 Å². The first-order valence-corrected chi connectivity index (χ1v) is 13.5. The lowest BCUT2D eigenvalue weighted by Gasteiger charge is -2.22. The van der Waals surface area contributed by atoms with E-state index in [9.17, 15) is 0 Å². The van der Waals surface area contributed by atoms with Gasteiger partial charge in [0.25, 0.3) is 0 Å². The molecule has 0 saturated heterocycles. The van der Waals surface area contributed by atoms with Crippen LogP contribution in [0.1, 0.15) is 71.1 Å². The fourth-order valence-electron chi connectivity index (χ4n) is 2.90. The molecule has 0 rings (SSSR count). The molecule has 0 aliphatic heterocycles. The van der Waals surface area contributed by atoms with Gasteiger partial charge in [0, 0.05) is 40.6 Å². The van der Waals surface area contributed by atoms with Crippen molar-refractivity contribution in [3.05, 3.63) is 0 Å². The predicted octanol–water partition coefficient (Wildman–Crippen LogP) is 5.32. The van der Waals surface area contributed by atoms with Crippen molar-refractivity contribution in [3.8, 4) is 0 Å². The van der Waals surface area contributed by atoms with Gasteiger partial charge in [0.15, 0.2) is 0 Å². The van der Waals surface area contributed by atoms with Crippen molar-refractivity contribution < 1.29 is 23.1 Å². The zero-order chi connectivity index (χ0) is 20.1. The molecule has 0 amide bonds. The molecule has 0 atom stereocenters. The van der Waals surface area contributed by atoms with Crippen molar-refractivity contribution in [1.29, 1.82) is 0 Å². The van der Waals surface area contributed by atoms with Crippen LogP contribution in [0.25, 0.3) is 0 Å². The second-order valence-electron chi connectivity index (χ2n) is 7.25. The summed E-state index contributed by atoms with van der Waals surface area (Å²) >= 11 is 0. The van der Waals surface area contributed by atoms with Crippen molar-refractivity contribution in [1.82, 2.24) is 0 Å². The number of hydrogen-bond donors (Lipinski definition) is 0. The van der Waals surface area contributed by atoms with Gasteiger partial charge in [-0.2, -0.15) is 0 Å². The monoisotopic (exact) mass is 406 g/mol. The molecule has 0 N–H and O–H groups in total. The highest BCUT2D eigenvalue weighted by atomic mass is 28.4. The van der Waals surface area contributed by atoms with Gasteiger partial charge in [-0.1, -0.05) is 51.4 Å². The second-order valence-corrected chi connectivity index (χ2v) is 10.8. The average molecular weight is 407 g/mol. The summed E-state index contributed by atoms with van der Waals surface area (Å²) in [5, 5.41) is 0. The topological polar surface area (TPSA) is 46.2 Å². The lowest BCUT2D eigenvalue weighted by molar-refractivity contribution is 0.0389. The van der Waals surface area contributed by atoms with Crippen LogP contribution in [0.2, 0.25) is 12.6 Å². The number of hydrogen-bond acceptors (Lipinski definition) is 5. The predicted molar refractivity (Wildman–Crippen MR) is 115 cm³/mol. The molecular formula is C21H46O5Si. The molecule has 0 spiro atoms. The van der Waals surface area contributed by atoms with Gasteiger partial charge in [-0.05, 0) is 32.4 Å². The maximum absolute atomic E-state index is 5.65. The summed E-state index contributed by atoms with van der Waals surface area (Å²) in [6.45, 7) is 8.76. The fraction of sp³-hybridized carbons (Fsp3) is 1.00. The largest absolute Gasteiger partial charge is 0.398 e. The van der Waals surface area contributed by atoms with E-state index in [1.54, 1.807) is 14.2 Å². The van der Waals surface area contributed by atoms with Crippen LogP contribution in [-0.4, -0.2) is 62.4 Å². The van der Waals surface area contributed by atoms with Crippen molar-refractivity contribution in [3.63, 3.8) is 0 Å². The number of rotatable bonds is 22. The Morgan fingerprint density at radius 2 is 0.963 bits per heavy atom. The maximum atomic E-state index is 5.65. The Bertz CT molecular complexity index is 288. The molecule has 0 bridgehead atoms. The third-order valence-corrected chi connectivity index (χ3v) is 7.93. The summed E-state index contributed by atoms with van der Waals surface area (Å²) in [7, 11) is 1.72. The summed E-state index contributed by atoms with van der Waals surface area (Å²) in [6, 6.07) is 1.11. The van der Waals surface area contributed by atoms with Gasteiger partial charge in [0.1, 0.15) is 0 Å². The van der Waals surface area contributed by atoms with Crippen LogP contribution in [0.4, 0.5) is 0 Å². The molecule has 27 heavy (non-hydrogen) atoms. The molecule has 5 nitrogen and oxygen atoms in total. The van der Waals surface area contributed by atoms with E-state index >= 15 is 0 Å². The van der Waals surface area contributed by atoms with Crippen LogP contribution in [0.3, 0.4) is 0 Å². The molecule has 164 valence electrons. The molecule has 0 aliphatic carbocycles. The molecule has 0 fully saturated rings. The number of unbranched alkanes of at least 4 members (excludes halogenated alkanes) is 8.